The first-order chi connectivity index (χ1) is 13.8. The minimum Gasteiger partial charge on any atom is -0.379 e. The maximum absolute atomic E-state index is 12.7. The molecule has 0 bridgehead atoms. The van der Waals surface area contributed by atoms with Gasteiger partial charge in [-0.05, 0) is 36.8 Å². The number of ether oxygens (including phenoxy) is 1. The van der Waals surface area contributed by atoms with Crippen LogP contribution in [0.25, 0.3) is 0 Å². The fourth-order valence-corrected chi connectivity index (χ4v) is 4.31. The Morgan fingerprint density at radius 1 is 1.21 bits per heavy atom. The van der Waals surface area contributed by atoms with Crippen molar-refractivity contribution in [2.45, 2.75) is 11.8 Å². The summed E-state index contributed by atoms with van der Waals surface area (Å²) in [4.78, 5) is 10.7. The van der Waals surface area contributed by atoms with E-state index in [-0.39, 0.29) is 29.4 Å². The molecular formula is C18H19ClN4O5S. The van der Waals surface area contributed by atoms with Crippen molar-refractivity contribution in [3.05, 3.63) is 63.2 Å². The van der Waals surface area contributed by atoms with E-state index in [1.54, 1.807) is 31.2 Å². The molecule has 9 nitrogen and oxygen atoms in total. The lowest BCUT2D eigenvalue weighted by Crippen LogP contribution is -2.40. The first-order valence-corrected chi connectivity index (χ1v) is 10.5. The lowest BCUT2D eigenvalue weighted by molar-refractivity contribution is -0.384. The molecular weight excluding hydrogens is 420 g/mol. The van der Waals surface area contributed by atoms with E-state index in [0.717, 1.165) is 11.6 Å². The van der Waals surface area contributed by atoms with Crippen LogP contribution in [0.3, 0.4) is 0 Å². The number of anilines is 1. The summed E-state index contributed by atoms with van der Waals surface area (Å²) < 4.78 is 31.9. The van der Waals surface area contributed by atoms with Crippen LogP contribution in [0.1, 0.15) is 12.5 Å². The highest BCUT2D eigenvalue weighted by Crippen LogP contribution is 2.29. The Labute approximate surface area is 173 Å². The number of hydrogen-bond acceptors (Lipinski definition) is 7. The Morgan fingerprint density at radius 3 is 2.48 bits per heavy atom. The summed E-state index contributed by atoms with van der Waals surface area (Å²) in [7, 11) is -3.84. The monoisotopic (exact) mass is 438 g/mol. The maximum Gasteiger partial charge on any atom is 0.295 e. The van der Waals surface area contributed by atoms with Gasteiger partial charge in [-0.2, -0.15) is 9.41 Å². The largest absolute Gasteiger partial charge is 0.379 e. The summed E-state index contributed by atoms with van der Waals surface area (Å²) in [5.41, 5.74) is 3.73. The number of morpholine rings is 1. The van der Waals surface area contributed by atoms with Gasteiger partial charge in [0.05, 0.1) is 28.7 Å². The molecule has 0 amide bonds. The number of nitrogens with zero attached hydrogens (tertiary/aromatic N) is 3. The molecule has 1 heterocycles. The third-order valence-electron chi connectivity index (χ3n) is 4.38. The lowest BCUT2D eigenvalue weighted by Gasteiger charge is -2.26. The number of hydrogen-bond donors (Lipinski definition) is 1. The number of nitro groups is 1. The second-order valence-corrected chi connectivity index (χ2v) is 8.64. The molecule has 0 aromatic heterocycles. The van der Waals surface area contributed by atoms with Gasteiger partial charge in [-0.3, -0.25) is 15.5 Å². The van der Waals surface area contributed by atoms with Crippen LogP contribution in [-0.2, 0) is 14.8 Å². The van der Waals surface area contributed by atoms with Gasteiger partial charge in [-0.15, -0.1) is 0 Å². The van der Waals surface area contributed by atoms with Gasteiger partial charge >= 0.3 is 0 Å². The van der Waals surface area contributed by atoms with Crippen LogP contribution >= 0.6 is 11.6 Å². The SMILES string of the molecule is C/C(=N\Nc1ccc(S(=O)(=O)N2CCOCC2)cc1[N+](=O)[O-])c1ccc(Cl)cc1. The van der Waals surface area contributed by atoms with Crippen LogP contribution in [0.2, 0.25) is 5.02 Å². The second kappa shape index (κ2) is 8.87. The highest BCUT2D eigenvalue weighted by Gasteiger charge is 2.28. The van der Waals surface area contributed by atoms with E-state index in [1.807, 2.05) is 0 Å². The summed E-state index contributed by atoms with van der Waals surface area (Å²) in [6.45, 7) is 2.74. The zero-order valence-corrected chi connectivity index (χ0v) is 17.1. The molecule has 1 N–H and O–H groups in total. The fraction of sp³-hybridized carbons (Fsp3) is 0.278. The van der Waals surface area contributed by atoms with Crippen molar-refractivity contribution in [3.63, 3.8) is 0 Å². The van der Waals surface area contributed by atoms with Crippen molar-refractivity contribution < 1.29 is 18.1 Å². The number of nitrogens with one attached hydrogen (secondary N) is 1. The summed E-state index contributed by atoms with van der Waals surface area (Å²) in [6, 6.07) is 10.7. The Balaban J connectivity index is 1.87. The molecule has 0 atom stereocenters. The van der Waals surface area contributed by atoms with Gasteiger partial charge in [0.1, 0.15) is 5.69 Å². The normalized spacial score (nSPS) is 15.9. The van der Waals surface area contributed by atoms with Crippen LogP contribution < -0.4 is 5.43 Å². The van der Waals surface area contributed by atoms with E-state index in [4.69, 9.17) is 16.3 Å². The van der Waals surface area contributed by atoms with Gasteiger partial charge in [-0.25, -0.2) is 8.42 Å². The quantitative estimate of drug-likeness (QED) is 0.421. The minimum atomic E-state index is -3.84. The number of rotatable bonds is 6. The van der Waals surface area contributed by atoms with E-state index in [9.17, 15) is 18.5 Å². The molecule has 1 aliphatic rings. The molecule has 0 radical (unpaired) electrons. The highest BCUT2D eigenvalue weighted by atomic mass is 35.5. The Bertz CT molecular complexity index is 1030. The third-order valence-corrected chi connectivity index (χ3v) is 6.53. The number of halogens is 1. The molecule has 29 heavy (non-hydrogen) atoms. The minimum absolute atomic E-state index is 0.0873. The average molecular weight is 439 g/mol. The Morgan fingerprint density at radius 2 is 1.86 bits per heavy atom. The van der Waals surface area contributed by atoms with Gasteiger partial charge in [0.2, 0.25) is 10.0 Å². The summed E-state index contributed by atoms with van der Waals surface area (Å²) in [5, 5.41) is 16.3. The number of benzene rings is 2. The fourth-order valence-electron chi connectivity index (χ4n) is 2.75. The van der Waals surface area contributed by atoms with Crippen molar-refractivity contribution in [3.8, 4) is 0 Å². The van der Waals surface area contributed by atoms with Crippen LogP contribution in [0.4, 0.5) is 11.4 Å². The predicted octanol–water partition coefficient (Wildman–Crippen LogP) is 3.11. The molecule has 1 saturated heterocycles. The average Bonchev–Trinajstić information content (AvgIpc) is 2.73. The third kappa shape index (κ3) is 4.91. The van der Waals surface area contributed by atoms with Crippen molar-refractivity contribution in [1.29, 1.82) is 0 Å². The number of sulfonamides is 1. The molecule has 3 rings (SSSR count). The zero-order chi connectivity index (χ0) is 21.0. The van der Waals surface area contributed by atoms with Crippen LogP contribution in [0, 0.1) is 10.1 Å². The first-order valence-electron chi connectivity index (χ1n) is 8.71. The lowest BCUT2D eigenvalue weighted by atomic mass is 10.1. The Hall–Kier alpha value is -2.53. The molecule has 1 fully saturated rings. The van der Waals surface area contributed by atoms with E-state index in [1.165, 1.54) is 16.4 Å². The molecule has 0 saturated carbocycles. The van der Waals surface area contributed by atoms with Crippen LogP contribution in [0.5, 0.6) is 0 Å². The van der Waals surface area contributed by atoms with Crippen LogP contribution in [0.15, 0.2) is 52.5 Å². The van der Waals surface area contributed by atoms with Crippen molar-refractivity contribution in [2.75, 3.05) is 31.7 Å². The van der Waals surface area contributed by atoms with Gasteiger partial charge < -0.3 is 4.74 Å². The van der Waals surface area contributed by atoms with E-state index < -0.39 is 14.9 Å². The van der Waals surface area contributed by atoms with Crippen molar-refractivity contribution in [1.82, 2.24) is 4.31 Å². The van der Waals surface area contributed by atoms with E-state index in [0.29, 0.717) is 23.9 Å². The predicted molar refractivity (Wildman–Crippen MR) is 110 cm³/mol. The highest BCUT2D eigenvalue weighted by molar-refractivity contribution is 7.89. The van der Waals surface area contributed by atoms with E-state index in [2.05, 4.69) is 10.5 Å². The first kappa shape index (κ1) is 21.2. The smallest absolute Gasteiger partial charge is 0.295 e. The van der Waals surface area contributed by atoms with Crippen molar-refractivity contribution >= 4 is 38.7 Å². The van der Waals surface area contributed by atoms with E-state index >= 15 is 0 Å². The van der Waals surface area contributed by atoms with Gasteiger partial charge in [-0.1, -0.05) is 23.7 Å². The Kier molecular flexibility index (Phi) is 6.48. The molecule has 2 aromatic rings. The standard InChI is InChI=1S/C18H19ClN4O5S/c1-13(14-2-4-15(19)5-3-14)20-21-17-7-6-16(12-18(17)23(24)25)29(26,27)22-8-10-28-11-9-22/h2-7,12,21H,8-11H2,1H3/b20-13+. The topological polar surface area (TPSA) is 114 Å². The van der Waals surface area contributed by atoms with Crippen molar-refractivity contribution in [2.24, 2.45) is 5.10 Å². The summed E-state index contributed by atoms with van der Waals surface area (Å²) in [5.74, 6) is 0. The molecule has 154 valence electrons. The number of nitro benzene ring substituents is 1. The maximum atomic E-state index is 12.7. The van der Waals surface area contributed by atoms with Gasteiger partial charge in [0, 0.05) is 24.2 Å². The molecule has 0 spiro atoms. The zero-order valence-electron chi connectivity index (χ0n) is 15.5. The summed E-state index contributed by atoms with van der Waals surface area (Å²) in [6.07, 6.45) is 0. The second-order valence-electron chi connectivity index (χ2n) is 6.27. The summed E-state index contributed by atoms with van der Waals surface area (Å²) >= 11 is 5.86. The number of hydrazone groups is 1. The van der Waals surface area contributed by atoms with Gasteiger partial charge in [0.15, 0.2) is 0 Å². The van der Waals surface area contributed by atoms with Crippen LogP contribution in [-0.4, -0.2) is 49.7 Å². The molecule has 0 aliphatic carbocycles. The molecule has 1 aliphatic heterocycles. The van der Waals surface area contributed by atoms with Gasteiger partial charge in [0.25, 0.3) is 5.69 Å². The molecule has 2 aromatic carbocycles. The molecule has 11 heteroatoms. The molecule has 0 unspecified atom stereocenters.